The van der Waals surface area contributed by atoms with Gasteiger partial charge < -0.3 is 27.9 Å². The Balaban J connectivity index is 4.30. The Morgan fingerprint density at radius 2 is 1.20 bits per heavy atom. The van der Waals surface area contributed by atoms with Gasteiger partial charge in [-0.2, -0.15) is 0 Å². The molecule has 0 bridgehead atoms. The smallest absolute Gasteiger partial charge is 0.306 e. The highest BCUT2D eigenvalue weighted by Gasteiger charge is 2.20. The second kappa shape index (κ2) is 30.6. The lowest BCUT2D eigenvalue weighted by Crippen LogP contribution is -2.37. The van der Waals surface area contributed by atoms with Crippen molar-refractivity contribution in [2.24, 2.45) is 0 Å². The van der Waals surface area contributed by atoms with Crippen LogP contribution in [0, 0.1) is 0 Å². The first kappa shape index (κ1) is 44.2. The molecule has 268 valence electrons. The number of hydrogen-bond acceptors (Lipinski definition) is 7. The number of esters is 1. The number of carbonyl (C=O) groups is 1. The molecular weight excluding hydrogens is 589 g/mol. The molecule has 0 amide bonds. The van der Waals surface area contributed by atoms with Gasteiger partial charge in [-0.3, -0.25) is 9.36 Å². The lowest BCUT2D eigenvalue weighted by Gasteiger charge is -2.28. The van der Waals surface area contributed by atoms with Crippen LogP contribution in [-0.2, 0) is 27.9 Å². The van der Waals surface area contributed by atoms with Crippen molar-refractivity contribution in [3.63, 3.8) is 0 Å². The van der Waals surface area contributed by atoms with Gasteiger partial charge in [0.05, 0.1) is 34.4 Å². The number of rotatable bonds is 34. The van der Waals surface area contributed by atoms with Gasteiger partial charge in [0.15, 0.2) is 0 Å². The number of phosphoric ester groups is 1. The molecule has 9 heteroatoms. The summed E-state index contributed by atoms with van der Waals surface area (Å²) in [5, 5.41) is 0. The molecule has 0 saturated heterocycles. The maximum absolute atomic E-state index is 12.5. The fourth-order valence-electron chi connectivity index (χ4n) is 4.90. The van der Waals surface area contributed by atoms with Crippen molar-refractivity contribution in [3.05, 3.63) is 12.2 Å². The summed E-state index contributed by atoms with van der Waals surface area (Å²) >= 11 is 0. The van der Waals surface area contributed by atoms with Crippen molar-refractivity contribution in [1.29, 1.82) is 0 Å². The summed E-state index contributed by atoms with van der Waals surface area (Å²) in [4.78, 5) is 24.8. The lowest BCUT2D eigenvalue weighted by atomic mass is 10.0. The zero-order chi connectivity index (χ0) is 33.5. The summed E-state index contributed by atoms with van der Waals surface area (Å²) < 4.78 is 34.3. The number of hydrogen-bond donors (Lipinski definition) is 0. The molecule has 0 aliphatic heterocycles. The second-order valence-electron chi connectivity index (χ2n) is 13.6. The Hall–Kier alpha value is -0.760. The summed E-state index contributed by atoms with van der Waals surface area (Å²) in [7, 11) is 1.35. The molecule has 0 aromatic heterocycles. The van der Waals surface area contributed by atoms with E-state index in [4.69, 9.17) is 18.5 Å². The van der Waals surface area contributed by atoms with Crippen molar-refractivity contribution in [1.82, 2.24) is 0 Å². The fraction of sp³-hybridized carbons (Fsp3) is 0.917. The van der Waals surface area contributed by atoms with E-state index < -0.39 is 13.9 Å². The van der Waals surface area contributed by atoms with Crippen molar-refractivity contribution in [2.45, 2.75) is 161 Å². The van der Waals surface area contributed by atoms with Crippen LogP contribution in [0.2, 0.25) is 0 Å². The summed E-state index contributed by atoms with van der Waals surface area (Å²) in [6, 6.07) is 0. The molecule has 0 aromatic carbocycles. The number of ether oxygens (including phenoxy) is 2. The van der Waals surface area contributed by atoms with Gasteiger partial charge in [0.2, 0.25) is 0 Å². The van der Waals surface area contributed by atoms with Crippen LogP contribution in [0.1, 0.15) is 155 Å². The van der Waals surface area contributed by atoms with E-state index in [-0.39, 0.29) is 25.8 Å². The van der Waals surface area contributed by atoms with Crippen LogP contribution in [0.4, 0.5) is 0 Å². The number of carbonyl (C=O) groups excluding carboxylic acids is 1. The number of allylic oxidation sites excluding steroid dienone is 2. The Kier molecular flexibility index (Phi) is 30.0. The van der Waals surface area contributed by atoms with Gasteiger partial charge in [-0.1, -0.05) is 129 Å². The number of phosphoric acid groups is 1. The summed E-state index contributed by atoms with van der Waals surface area (Å²) in [5.74, 6) is -0.345. The molecule has 0 N–H and O–H groups in total. The maximum atomic E-state index is 12.5. The average molecular weight is 662 g/mol. The Bertz CT molecular complexity index is 741. The maximum Gasteiger partial charge on any atom is 0.306 e. The highest BCUT2D eigenvalue weighted by Crippen LogP contribution is 2.38. The van der Waals surface area contributed by atoms with Crippen molar-refractivity contribution >= 4 is 13.8 Å². The van der Waals surface area contributed by atoms with E-state index in [1.807, 2.05) is 21.1 Å². The first-order valence-electron chi connectivity index (χ1n) is 18.4. The van der Waals surface area contributed by atoms with E-state index in [0.717, 1.165) is 51.4 Å². The van der Waals surface area contributed by atoms with Crippen molar-refractivity contribution < 1.29 is 37.3 Å². The zero-order valence-electron chi connectivity index (χ0n) is 30.1. The van der Waals surface area contributed by atoms with E-state index in [1.165, 1.54) is 83.5 Å². The third-order valence-corrected chi connectivity index (χ3v) is 8.76. The van der Waals surface area contributed by atoms with Crippen LogP contribution >= 0.6 is 7.82 Å². The number of unbranched alkanes of at least 4 members (excludes halogenated alkanes) is 18. The van der Waals surface area contributed by atoms with Crippen molar-refractivity contribution in [2.75, 3.05) is 54.1 Å². The molecule has 0 radical (unpaired) electrons. The SMILES string of the molecule is CCC/C=C\CCCCCCCC(=O)OC(COCCCCCCCCCCCCCCC)COP(=O)([O-])OCC[N+](C)(C)C. The summed E-state index contributed by atoms with van der Waals surface area (Å²) in [6.45, 7) is 5.34. The normalized spacial score (nSPS) is 14.2. The molecule has 0 aromatic rings. The van der Waals surface area contributed by atoms with E-state index in [1.54, 1.807) is 0 Å². The third-order valence-electron chi connectivity index (χ3n) is 7.80. The van der Waals surface area contributed by atoms with Gasteiger partial charge in [-0.25, -0.2) is 0 Å². The van der Waals surface area contributed by atoms with E-state index in [9.17, 15) is 14.3 Å². The molecule has 2 unspecified atom stereocenters. The second-order valence-corrected chi connectivity index (χ2v) is 15.0. The highest BCUT2D eigenvalue weighted by atomic mass is 31.2. The predicted octanol–water partition coefficient (Wildman–Crippen LogP) is 9.30. The zero-order valence-corrected chi connectivity index (χ0v) is 31.0. The van der Waals surface area contributed by atoms with Gasteiger partial charge >= 0.3 is 5.97 Å². The minimum absolute atomic E-state index is 0.0271. The number of nitrogens with zero attached hydrogens (tertiary/aromatic N) is 1. The standard InChI is InChI=1S/C36H72NO7P/c1-6-8-10-12-14-16-18-19-20-22-24-26-28-31-41-33-35(34-43-45(39,40)42-32-30-37(3,4)5)44-36(38)29-27-25-23-21-17-15-13-11-9-7-2/h11,13,35H,6-10,12,14-34H2,1-5H3/b13-11-. The summed E-state index contributed by atoms with van der Waals surface area (Å²) in [6.07, 6.45) is 29.3. The largest absolute Gasteiger partial charge is 0.756 e. The van der Waals surface area contributed by atoms with Crippen LogP contribution in [0.25, 0.3) is 0 Å². The van der Waals surface area contributed by atoms with Crippen LogP contribution in [0.15, 0.2) is 12.2 Å². The van der Waals surface area contributed by atoms with Crippen molar-refractivity contribution in [3.8, 4) is 0 Å². The topological polar surface area (TPSA) is 94.1 Å². The van der Waals surface area contributed by atoms with Gasteiger partial charge in [0, 0.05) is 13.0 Å². The lowest BCUT2D eigenvalue weighted by molar-refractivity contribution is -0.870. The molecule has 0 saturated carbocycles. The fourth-order valence-corrected chi connectivity index (χ4v) is 5.63. The van der Waals surface area contributed by atoms with Gasteiger partial charge in [0.25, 0.3) is 7.82 Å². The number of quaternary nitrogens is 1. The molecule has 0 aliphatic rings. The minimum Gasteiger partial charge on any atom is -0.756 e. The molecule has 0 fully saturated rings. The molecule has 8 nitrogen and oxygen atoms in total. The minimum atomic E-state index is -4.51. The predicted molar refractivity (Wildman–Crippen MR) is 185 cm³/mol. The molecule has 45 heavy (non-hydrogen) atoms. The first-order chi connectivity index (χ1) is 21.6. The molecule has 0 heterocycles. The number of likely N-dealkylation sites (N-methyl/N-ethyl adjacent to an activating group) is 1. The molecule has 0 aliphatic carbocycles. The Morgan fingerprint density at radius 1 is 0.667 bits per heavy atom. The first-order valence-corrected chi connectivity index (χ1v) is 19.9. The van der Waals surface area contributed by atoms with Gasteiger partial charge in [-0.15, -0.1) is 0 Å². The average Bonchev–Trinajstić information content (AvgIpc) is 2.98. The third kappa shape index (κ3) is 34.4. The van der Waals surface area contributed by atoms with E-state index in [0.29, 0.717) is 24.1 Å². The molecule has 0 spiro atoms. The van der Waals surface area contributed by atoms with Gasteiger partial charge in [0.1, 0.15) is 19.3 Å². The van der Waals surface area contributed by atoms with Crippen LogP contribution in [0.5, 0.6) is 0 Å². The van der Waals surface area contributed by atoms with Crippen LogP contribution in [-0.4, -0.2) is 70.7 Å². The van der Waals surface area contributed by atoms with E-state index in [2.05, 4.69) is 26.0 Å². The quantitative estimate of drug-likeness (QED) is 0.0223. The molecule has 2 atom stereocenters. The highest BCUT2D eigenvalue weighted by molar-refractivity contribution is 7.45. The van der Waals surface area contributed by atoms with Crippen LogP contribution < -0.4 is 4.89 Å². The summed E-state index contributed by atoms with van der Waals surface area (Å²) in [5.41, 5.74) is 0. The van der Waals surface area contributed by atoms with Crippen LogP contribution in [0.3, 0.4) is 0 Å². The Morgan fingerprint density at radius 3 is 1.78 bits per heavy atom. The monoisotopic (exact) mass is 662 g/mol. The van der Waals surface area contributed by atoms with Gasteiger partial charge in [-0.05, 0) is 32.1 Å². The molecule has 0 rings (SSSR count). The van der Waals surface area contributed by atoms with E-state index >= 15 is 0 Å². The Labute approximate surface area is 278 Å². The molecular formula is C36H72NO7P.